The number of imidazole rings is 1. The van der Waals surface area contributed by atoms with E-state index >= 15 is 0 Å². The number of phosphoric ester groups is 1. The first-order valence-electron chi connectivity index (χ1n) is 9.57. The lowest BCUT2D eigenvalue weighted by molar-refractivity contribution is -0.0784. The number of rotatable bonds is 12. The predicted molar refractivity (Wildman–Crippen MR) is 114 cm³/mol. The van der Waals surface area contributed by atoms with Crippen LogP contribution in [0.5, 0.6) is 0 Å². The highest BCUT2D eigenvalue weighted by atomic mass is 31.3. The number of phosphoric acid groups is 3. The van der Waals surface area contributed by atoms with Crippen molar-refractivity contribution >= 4 is 40.6 Å². The second-order valence-corrected chi connectivity index (χ2v) is 11.5. The zero-order valence-electron chi connectivity index (χ0n) is 18.1. The average molecular weight is 581 g/mol. The molecule has 1 fully saturated rings. The molecule has 20 nitrogen and oxygen atoms in total. The van der Waals surface area contributed by atoms with Crippen LogP contribution in [0.3, 0.4) is 0 Å². The van der Waals surface area contributed by atoms with Crippen molar-refractivity contribution in [2.45, 2.75) is 24.5 Å². The summed E-state index contributed by atoms with van der Waals surface area (Å²) in [6, 6.07) is 0. The van der Waals surface area contributed by atoms with E-state index in [9.17, 15) is 33.4 Å². The highest BCUT2D eigenvalue weighted by Crippen LogP contribution is 2.66. The van der Waals surface area contributed by atoms with Gasteiger partial charge in [-0.3, -0.25) is 18.9 Å². The average Bonchev–Trinajstić information content (AvgIpc) is 3.25. The van der Waals surface area contributed by atoms with Crippen molar-refractivity contribution in [1.82, 2.24) is 19.5 Å². The van der Waals surface area contributed by atoms with E-state index < -0.39 is 60.2 Å². The van der Waals surface area contributed by atoms with Crippen LogP contribution in [0.2, 0.25) is 0 Å². The number of nitrogens with one attached hydrogen (secondary N) is 1. The highest BCUT2D eigenvalue weighted by molar-refractivity contribution is 7.66. The standard InChI is InChI=1S/C13H22N5O15P3/c1-28-2-3-29-9-8(19)6(4-30-35(24,25)33-36(26,27)32-34(21,22)23)31-12(9)18-5-15-7-10(18)16-13(14)17-11(7)20/h5-6,8-9,12,19H,2-4H2,1H3,(H,24,25)(H,26,27)(H2,21,22,23)(H3,14,16,17,20). The van der Waals surface area contributed by atoms with Gasteiger partial charge in [-0.25, -0.2) is 18.7 Å². The molecule has 0 radical (unpaired) electrons. The Morgan fingerprint density at radius 1 is 1.17 bits per heavy atom. The lowest BCUT2D eigenvalue weighted by Gasteiger charge is -2.22. The minimum Gasteiger partial charge on any atom is -0.387 e. The molecule has 36 heavy (non-hydrogen) atoms. The summed E-state index contributed by atoms with van der Waals surface area (Å²) in [5.41, 5.74) is 4.77. The molecule has 1 aliphatic heterocycles. The third-order valence-corrected chi connectivity index (χ3v) is 8.26. The van der Waals surface area contributed by atoms with Gasteiger partial charge in [0, 0.05) is 7.11 Å². The molecule has 0 saturated carbocycles. The van der Waals surface area contributed by atoms with Crippen LogP contribution in [-0.4, -0.2) is 89.4 Å². The molecule has 2 aromatic rings. The zero-order chi connectivity index (χ0) is 26.9. The van der Waals surface area contributed by atoms with E-state index in [1.54, 1.807) is 0 Å². The van der Waals surface area contributed by atoms with Gasteiger partial charge in [0.15, 0.2) is 17.4 Å². The summed E-state index contributed by atoms with van der Waals surface area (Å²) >= 11 is 0. The number of nitrogen functional groups attached to an aromatic ring is 1. The van der Waals surface area contributed by atoms with Gasteiger partial charge in [-0.15, -0.1) is 0 Å². The number of anilines is 1. The minimum absolute atomic E-state index is 0.0382. The molecule has 0 amide bonds. The lowest BCUT2D eigenvalue weighted by atomic mass is 10.1. The van der Waals surface area contributed by atoms with Crippen molar-refractivity contribution in [3.05, 3.63) is 16.7 Å². The third kappa shape index (κ3) is 7.25. The molecule has 0 bridgehead atoms. The van der Waals surface area contributed by atoms with Crippen molar-refractivity contribution in [3.63, 3.8) is 0 Å². The van der Waals surface area contributed by atoms with Crippen molar-refractivity contribution in [2.24, 2.45) is 0 Å². The number of methoxy groups -OCH3 is 1. The summed E-state index contributed by atoms with van der Waals surface area (Å²) in [5, 5.41) is 10.7. The lowest BCUT2D eigenvalue weighted by Crippen LogP contribution is -2.36. The van der Waals surface area contributed by atoms with E-state index in [0.29, 0.717) is 0 Å². The van der Waals surface area contributed by atoms with Gasteiger partial charge in [0.1, 0.15) is 18.3 Å². The van der Waals surface area contributed by atoms with E-state index in [2.05, 4.69) is 28.1 Å². The number of aliphatic hydroxyl groups excluding tert-OH is 1. The number of aliphatic hydroxyl groups is 1. The van der Waals surface area contributed by atoms with Crippen LogP contribution in [0.15, 0.2) is 11.1 Å². The van der Waals surface area contributed by atoms with Gasteiger partial charge in [0.2, 0.25) is 5.95 Å². The van der Waals surface area contributed by atoms with E-state index in [1.807, 2.05) is 0 Å². The van der Waals surface area contributed by atoms with Crippen LogP contribution in [-0.2, 0) is 41.1 Å². The van der Waals surface area contributed by atoms with Crippen molar-refractivity contribution < 1.29 is 65.7 Å². The van der Waals surface area contributed by atoms with Crippen LogP contribution >= 0.6 is 23.5 Å². The topological polar surface area (TPSA) is 297 Å². The summed E-state index contributed by atoms with van der Waals surface area (Å²) < 4.78 is 63.4. The first-order valence-corrected chi connectivity index (χ1v) is 14.1. The molecule has 6 atom stereocenters. The summed E-state index contributed by atoms with van der Waals surface area (Å²) in [6.45, 7) is -0.880. The second kappa shape index (κ2) is 11.0. The van der Waals surface area contributed by atoms with Gasteiger partial charge in [0.25, 0.3) is 5.56 Å². The fraction of sp³-hybridized carbons (Fsp3) is 0.615. The highest BCUT2D eigenvalue weighted by Gasteiger charge is 2.48. The second-order valence-electron chi connectivity index (χ2n) is 7.05. The molecule has 23 heteroatoms. The van der Waals surface area contributed by atoms with Crippen LogP contribution in [0.4, 0.5) is 5.95 Å². The molecular formula is C13H22N5O15P3. The van der Waals surface area contributed by atoms with Gasteiger partial charge in [0.05, 0.1) is 26.1 Å². The van der Waals surface area contributed by atoms with Crippen molar-refractivity contribution in [1.29, 1.82) is 0 Å². The Balaban J connectivity index is 1.80. The Morgan fingerprint density at radius 2 is 1.86 bits per heavy atom. The molecule has 8 N–H and O–H groups in total. The van der Waals surface area contributed by atoms with Crippen molar-refractivity contribution in [2.75, 3.05) is 32.7 Å². The Morgan fingerprint density at radius 3 is 2.50 bits per heavy atom. The molecule has 6 unspecified atom stereocenters. The Bertz CT molecular complexity index is 1280. The molecule has 1 saturated heterocycles. The minimum atomic E-state index is -5.74. The number of H-pyrrole nitrogens is 1. The largest absolute Gasteiger partial charge is 0.490 e. The van der Waals surface area contributed by atoms with E-state index in [-0.39, 0.29) is 30.3 Å². The number of nitrogens with two attached hydrogens (primary N) is 1. The molecule has 0 aromatic carbocycles. The summed E-state index contributed by atoms with van der Waals surface area (Å²) in [6.07, 6.45) is -4.28. The number of aromatic nitrogens is 4. The van der Waals surface area contributed by atoms with Crippen molar-refractivity contribution in [3.8, 4) is 0 Å². The summed E-state index contributed by atoms with van der Waals surface area (Å²) in [5.74, 6) is -0.242. The number of nitrogens with zero attached hydrogens (tertiary/aromatic N) is 3. The maximum atomic E-state index is 12.1. The van der Waals surface area contributed by atoms with Crippen LogP contribution in [0, 0.1) is 0 Å². The normalized spacial score (nSPS) is 26.2. The maximum absolute atomic E-state index is 12.1. The molecule has 0 spiro atoms. The van der Waals surface area contributed by atoms with Gasteiger partial charge in [-0.2, -0.15) is 13.6 Å². The molecule has 1 aliphatic rings. The number of hydrogen-bond acceptors (Lipinski definition) is 14. The van der Waals surface area contributed by atoms with Crippen LogP contribution in [0.1, 0.15) is 6.23 Å². The predicted octanol–water partition coefficient (Wildman–Crippen LogP) is -1.66. The third-order valence-electron chi connectivity index (χ3n) is 4.45. The summed E-state index contributed by atoms with van der Waals surface area (Å²) in [7, 11) is -15.4. The van der Waals surface area contributed by atoms with E-state index in [4.69, 9.17) is 29.7 Å². The van der Waals surface area contributed by atoms with Gasteiger partial charge >= 0.3 is 23.5 Å². The van der Waals surface area contributed by atoms with E-state index in [0.717, 1.165) is 6.33 Å². The maximum Gasteiger partial charge on any atom is 0.490 e. The van der Waals surface area contributed by atoms with Gasteiger partial charge in [-0.1, -0.05) is 0 Å². The first kappa shape index (κ1) is 29.0. The Kier molecular flexibility index (Phi) is 8.87. The quantitative estimate of drug-likeness (QED) is 0.109. The monoisotopic (exact) mass is 581 g/mol. The first-order chi connectivity index (χ1) is 16.6. The molecular weight excluding hydrogens is 559 g/mol. The molecule has 3 heterocycles. The number of fused-ring (bicyclic) bond motifs is 1. The Hall–Kier alpha value is -1.60. The smallest absolute Gasteiger partial charge is 0.387 e. The molecule has 0 aliphatic carbocycles. The summed E-state index contributed by atoms with van der Waals surface area (Å²) in [4.78, 5) is 58.3. The fourth-order valence-electron chi connectivity index (χ4n) is 3.13. The zero-order valence-corrected chi connectivity index (χ0v) is 20.8. The van der Waals surface area contributed by atoms with E-state index in [1.165, 1.54) is 11.7 Å². The van der Waals surface area contributed by atoms with Crippen LogP contribution < -0.4 is 11.3 Å². The van der Waals surface area contributed by atoms with Crippen LogP contribution in [0.25, 0.3) is 11.2 Å². The molecule has 2 aromatic heterocycles. The number of aromatic amines is 1. The molecule has 204 valence electrons. The number of ether oxygens (including phenoxy) is 3. The Labute approximate surface area is 200 Å². The number of hydrogen-bond donors (Lipinski definition) is 7. The SMILES string of the molecule is COCCOC1C(O)C(COP(=O)(O)OP(=O)(O)OP(=O)(O)O)OC1n1cnc2c(=O)[nH]c(N)nc21. The van der Waals surface area contributed by atoms with Gasteiger partial charge < -0.3 is 44.6 Å². The fourth-order valence-corrected chi connectivity index (χ4v) is 6.16. The van der Waals surface area contributed by atoms with Gasteiger partial charge in [-0.05, 0) is 0 Å². The molecule has 3 rings (SSSR count).